The van der Waals surface area contributed by atoms with E-state index in [1.807, 2.05) is 24.3 Å². The average Bonchev–Trinajstić information content (AvgIpc) is 2.95. The molecule has 0 radical (unpaired) electrons. The third kappa shape index (κ3) is 4.24. The highest BCUT2D eigenvalue weighted by atomic mass is 35.5. The minimum absolute atomic E-state index is 0.139. The van der Waals surface area contributed by atoms with Gasteiger partial charge in [-0.3, -0.25) is 9.59 Å². The van der Waals surface area contributed by atoms with Crippen LogP contribution >= 0.6 is 23.2 Å². The first kappa shape index (κ1) is 21.9. The highest BCUT2D eigenvalue weighted by Crippen LogP contribution is 2.32. The van der Waals surface area contributed by atoms with Gasteiger partial charge in [0.25, 0.3) is 5.91 Å². The molecule has 2 saturated heterocycles. The molecule has 0 aliphatic carbocycles. The molecule has 164 valence electrons. The van der Waals surface area contributed by atoms with E-state index in [-0.39, 0.29) is 27.9 Å². The van der Waals surface area contributed by atoms with Gasteiger partial charge >= 0.3 is 0 Å². The molecule has 1 unspecified atom stereocenters. The number of rotatable bonds is 3. The van der Waals surface area contributed by atoms with Gasteiger partial charge in [0.15, 0.2) is 0 Å². The maximum Gasteiger partial charge on any atom is 0.255 e. The van der Waals surface area contributed by atoms with E-state index in [0.717, 1.165) is 9.99 Å². The lowest BCUT2D eigenvalue weighted by Gasteiger charge is -2.36. The number of hydrogen-bond donors (Lipinski definition) is 0. The van der Waals surface area contributed by atoms with Crippen LogP contribution in [0.2, 0.25) is 10.0 Å². The Labute approximate surface area is 191 Å². The Kier molecular flexibility index (Phi) is 5.89. The zero-order valence-corrected chi connectivity index (χ0v) is 19.1. The van der Waals surface area contributed by atoms with Crippen LogP contribution in [0, 0.1) is 5.92 Å². The fraction of sp³-hybridized carbons (Fsp3) is 0.333. The fourth-order valence-electron chi connectivity index (χ4n) is 3.90. The van der Waals surface area contributed by atoms with E-state index < -0.39 is 21.8 Å². The smallest absolute Gasteiger partial charge is 0.255 e. The first-order valence-electron chi connectivity index (χ1n) is 9.83. The SMILES string of the molecule is CC1CS(=O)(=O)N(c2ccc(Cl)c(C(=O)N3CCN(c4cccc(Cl)c4)CC3)c2)C1=O. The number of piperazine rings is 1. The van der Waals surface area contributed by atoms with Crippen molar-refractivity contribution in [3.8, 4) is 0 Å². The van der Waals surface area contributed by atoms with Gasteiger partial charge in [0.05, 0.1) is 27.9 Å². The van der Waals surface area contributed by atoms with Crippen molar-refractivity contribution in [3.05, 3.63) is 58.1 Å². The molecule has 2 fully saturated rings. The van der Waals surface area contributed by atoms with Gasteiger partial charge in [-0.25, -0.2) is 12.7 Å². The third-order valence-electron chi connectivity index (χ3n) is 5.52. The monoisotopic (exact) mass is 481 g/mol. The van der Waals surface area contributed by atoms with Gasteiger partial charge < -0.3 is 9.80 Å². The van der Waals surface area contributed by atoms with Crippen LogP contribution in [0.4, 0.5) is 11.4 Å². The fourth-order valence-corrected chi connectivity index (χ4v) is 6.10. The number of nitrogens with zero attached hydrogens (tertiary/aromatic N) is 3. The Morgan fingerprint density at radius 1 is 1.00 bits per heavy atom. The zero-order chi connectivity index (χ0) is 22.3. The van der Waals surface area contributed by atoms with Gasteiger partial charge in [-0.05, 0) is 36.4 Å². The highest BCUT2D eigenvalue weighted by Gasteiger charge is 2.42. The number of benzene rings is 2. The summed E-state index contributed by atoms with van der Waals surface area (Å²) in [4.78, 5) is 29.3. The molecule has 10 heteroatoms. The van der Waals surface area contributed by atoms with Crippen molar-refractivity contribution in [3.63, 3.8) is 0 Å². The van der Waals surface area contributed by atoms with Crippen LogP contribution in [0.1, 0.15) is 17.3 Å². The van der Waals surface area contributed by atoms with E-state index in [2.05, 4.69) is 4.90 Å². The van der Waals surface area contributed by atoms with E-state index in [0.29, 0.717) is 31.2 Å². The Bertz CT molecular complexity index is 1150. The van der Waals surface area contributed by atoms with Crippen LogP contribution in [0.25, 0.3) is 0 Å². The lowest BCUT2D eigenvalue weighted by molar-refractivity contribution is -0.119. The van der Waals surface area contributed by atoms with E-state index in [1.54, 1.807) is 11.8 Å². The second-order valence-electron chi connectivity index (χ2n) is 7.71. The molecule has 2 aliphatic rings. The second kappa shape index (κ2) is 8.33. The van der Waals surface area contributed by atoms with Crippen LogP contribution < -0.4 is 9.21 Å². The molecule has 0 N–H and O–H groups in total. The Hall–Kier alpha value is -2.29. The van der Waals surface area contributed by atoms with Crippen molar-refractivity contribution in [2.45, 2.75) is 6.92 Å². The number of hydrogen-bond acceptors (Lipinski definition) is 5. The summed E-state index contributed by atoms with van der Waals surface area (Å²) in [6.07, 6.45) is 0. The number of carbonyl (C=O) groups is 2. The van der Waals surface area contributed by atoms with Crippen molar-refractivity contribution in [2.75, 3.05) is 41.1 Å². The quantitative estimate of drug-likeness (QED) is 0.671. The first-order valence-corrected chi connectivity index (χ1v) is 12.2. The van der Waals surface area contributed by atoms with Crippen LogP contribution in [-0.4, -0.2) is 57.1 Å². The molecule has 2 aromatic rings. The molecule has 31 heavy (non-hydrogen) atoms. The van der Waals surface area contributed by atoms with Gasteiger partial charge in [-0.15, -0.1) is 0 Å². The Morgan fingerprint density at radius 3 is 2.32 bits per heavy atom. The minimum Gasteiger partial charge on any atom is -0.368 e. The van der Waals surface area contributed by atoms with E-state index in [4.69, 9.17) is 23.2 Å². The molecule has 0 spiro atoms. The van der Waals surface area contributed by atoms with Crippen molar-refractivity contribution in [1.29, 1.82) is 0 Å². The van der Waals surface area contributed by atoms with Crippen molar-refractivity contribution < 1.29 is 18.0 Å². The van der Waals surface area contributed by atoms with E-state index in [1.165, 1.54) is 18.2 Å². The Balaban J connectivity index is 1.53. The number of sulfonamides is 1. The van der Waals surface area contributed by atoms with Gasteiger partial charge in [0.1, 0.15) is 0 Å². The van der Waals surface area contributed by atoms with E-state index in [9.17, 15) is 18.0 Å². The van der Waals surface area contributed by atoms with E-state index >= 15 is 0 Å². The Morgan fingerprint density at radius 2 is 1.71 bits per heavy atom. The molecule has 0 bridgehead atoms. The molecule has 0 saturated carbocycles. The lowest BCUT2D eigenvalue weighted by Crippen LogP contribution is -2.48. The summed E-state index contributed by atoms with van der Waals surface area (Å²) >= 11 is 12.3. The van der Waals surface area contributed by atoms with Crippen molar-refractivity contribution >= 4 is 56.4 Å². The normalized spacial score (nSPS) is 20.9. The average molecular weight is 482 g/mol. The predicted molar refractivity (Wildman–Crippen MR) is 121 cm³/mol. The lowest BCUT2D eigenvalue weighted by atomic mass is 10.1. The summed E-state index contributed by atoms with van der Waals surface area (Å²) in [5, 5.41) is 0.864. The number of carbonyl (C=O) groups excluding carboxylic acids is 2. The topological polar surface area (TPSA) is 78.0 Å². The largest absolute Gasteiger partial charge is 0.368 e. The summed E-state index contributed by atoms with van der Waals surface area (Å²) in [6.45, 7) is 3.77. The van der Waals surface area contributed by atoms with Gasteiger partial charge in [-0.2, -0.15) is 0 Å². The maximum atomic E-state index is 13.1. The summed E-state index contributed by atoms with van der Waals surface area (Å²) < 4.78 is 25.6. The number of halogens is 2. The molecule has 2 amide bonds. The van der Waals surface area contributed by atoms with Crippen LogP contribution in [-0.2, 0) is 14.8 Å². The number of amides is 2. The standard InChI is InChI=1S/C21H21Cl2N3O4S/c1-14-13-31(29,30)26(20(14)27)17-5-6-19(23)18(12-17)21(28)25-9-7-24(8-10-25)16-4-2-3-15(22)11-16/h2-6,11-12,14H,7-10,13H2,1H3. The second-order valence-corrected chi connectivity index (χ2v) is 10.4. The van der Waals surface area contributed by atoms with Crippen LogP contribution in [0.15, 0.2) is 42.5 Å². The first-order chi connectivity index (χ1) is 14.7. The summed E-state index contributed by atoms with van der Waals surface area (Å²) in [5.41, 5.74) is 1.31. The maximum absolute atomic E-state index is 13.1. The highest BCUT2D eigenvalue weighted by molar-refractivity contribution is 7.94. The van der Waals surface area contributed by atoms with Gasteiger partial charge in [-0.1, -0.05) is 36.2 Å². The summed E-state index contributed by atoms with van der Waals surface area (Å²) in [7, 11) is -3.76. The van der Waals surface area contributed by atoms with Crippen LogP contribution in [0.3, 0.4) is 0 Å². The number of anilines is 2. The molecule has 2 aromatic carbocycles. The predicted octanol–water partition coefficient (Wildman–Crippen LogP) is 3.27. The zero-order valence-electron chi connectivity index (χ0n) is 16.8. The molecular formula is C21H21Cl2N3O4S. The molecule has 2 aliphatic heterocycles. The molecule has 0 aromatic heterocycles. The third-order valence-corrected chi connectivity index (χ3v) is 7.95. The summed E-state index contributed by atoms with van der Waals surface area (Å²) in [6, 6.07) is 11.8. The minimum atomic E-state index is -3.76. The molecular weight excluding hydrogens is 461 g/mol. The molecule has 1 atom stereocenters. The molecule has 4 rings (SSSR count). The van der Waals surface area contributed by atoms with Crippen molar-refractivity contribution in [2.24, 2.45) is 5.92 Å². The summed E-state index contributed by atoms with van der Waals surface area (Å²) in [5.74, 6) is -1.67. The van der Waals surface area contributed by atoms with Crippen molar-refractivity contribution in [1.82, 2.24) is 4.90 Å². The van der Waals surface area contributed by atoms with Gasteiger partial charge in [0.2, 0.25) is 15.9 Å². The van der Waals surface area contributed by atoms with Gasteiger partial charge in [0, 0.05) is 36.9 Å². The molecule has 2 heterocycles. The molecule has 7 nitrogen and oxygen atoms in total. The van der Waals surface area contributed by atoms with Crippen LogP contribution in [0.5, 0.6) is 0 Å².